The molecule has 4 rings (SSSR count). The molecule has 2 aromatic carbocycles. The quantitative estimate of drug-likeness (QED) is 0.673. The summed E-state index contributed by atoms with van der Waals surface area (Å²) >= 11 is 0. The topological polar surface area (TPSA) is 96.6 Å². The van der Waals surface area contributed by atoms with Crippen LogP contribution in [0.15, 0.2) is 52.0 Å². The molecule has 8 nitrogen and oxygen atoms in total. The maximum Gasteiger partial charge on any atom is 0.253 e. The smallest absolute Gasteiger partial charge is 0.253 e. The van der Waals surface area contributed by atoms with Gasteiger partial charge in [-0.1, -0.05) is 6.07 Å². The van der Waals surface area contributed by atoms with Gasteiger partial charge in [0, 0.05) is 31.7 Å². The van der Waals surface area contributed by atoms with E-state index in [1.165, 1.54) is 34.6 Å². The van der Waals surface area contributed by atoms with E-state index in [1.807, 2.05) is 0 Å². The van der Waals surface area contributed by atoms with Crippen molar-refractivity contribution in [1.29, 1.82) is 0 Å². The molecule has 10 heteroatoms. The standard InChI is InChI=1S/C17H15FN4O4S/c18-13-6-4-12(5-7-13)17(23)21-8-10-22(11-9-21)27(24,25)15-3-1-2-14-16(15)20-26-19-14/h1-7H,8-11H2. The van der Waals surface area contributed by atoms with E-state index in [0.717, 1.165) is 0 Å². The Morgan fingerprint density at radius 3 is 2.41 bits per heavy atom. The highest BCUT2D eigenvalue weighted by molar-refractivity contribution is 7.89. The monoisotopic (exact) mass is 390 g/mol. The second kappa shape index (κ2) is 6.71. The molecule has 1 aromatic heterocycles. The van der Waals surface area contributed by atoms with Crippen molar-refractivity contribution in [2.75, 3.05) is 26.2 Å². The lowest BCUT2D eigenvalue weighted by Gasteiger charge is -2.34. The second-order valence-electron chi connectivity index (χ2n) is 6.09. The molecule has 0 aliphatic carbocycles. The lowest BCUT2D eigenvalue weighted by Crippen LogP contribution is -2.50. The predicted octanol–water partition coefficient (Wildman–Crippen LogP) is 1.51. The molecule has 1 aliphatic heterocycles. The van der Waals surface area contributed by atoms with Gasteiger partial charge in [-0.2, -0.15) is 4.31 Å². The Labute approximate surface area is 154 Å². The fraction of sp³-hybridized carbons (Fsp3) is 0.235. The Kier molecular flexibility index (Phi) is 4.36. The number of carbonyl (C=O) groups excluding carboxylic acids is 1. The van der Waals surface area contributed by atoms with Crippen molar-refractivity contribution in [3.05, 3.63) is 53.8 Å². The molecule has 27 heavy (non-hydrogen) atoms. The number of rotatable bonds is 3. The lowest BCUT2D eigenvalue weighted by atomic mass is 10.2. The molecule has 0 N–H and O–H groups in total. The molecule has 1 fully saturated rings. The number of amides is 1. The van der Waals surface area contributed by atoms with E-state index in [4.69, 9.17) is 0 Å². The van der Waals surface area contributed by atoms with E-state index in [9.17, 15) is 17.6 Å². The summed E-state index contributed by atoms with van der Waals surface area (Å²) in [4.78, 5) is 14.1. The van der Waals surface area contributed by atoms with Gasteiger partial charge in [0.15, 0.2) is 5.52 Å². The molecule has 0 unspecified atom stereocenters. The van der Waals surface area contributed by atoms with E-state index in [1.54, 1.807) is 17.0 Å². The second-order valence-corrected chi connectivity index (χ2v) is 8.00. The molecular weight excluding hydrogens is 375 g/mol. The number of benzene rings is 2. The summed E-state index contributed by atoms with van der Waals surface area (Å²) in [6.07, 6.45) is 0. The molecule has 1 aliphatic rings. The third kappa shape index (κ3) is 3.17. The van der Waals surface area contributed by atoms with E-state index >= 15 is 0 Å². The molecule has 0 saturated carbocycles. The molecule has 0 bridgehead atoms. The van der Waals surface area contributed by atoms with E-state index in [0.29, 0.717) is 11.1 Å². The Morgan fingerprint density at radius 2 is 1.70 bits per heavy atom. The van der Waals surface area contributed by atoms with Crippen molar-refractivity contribution in [1.82, 2.24) is 19.5 Å². The van der Waals surface area contributed by atoms with Crippen molar-refractivity contribution in [3.8, 4) is 0 Å². The third-order valence-corrected chi connectivity index (χ3v) is 6.41. The van der Waals surface area contributed by atoms with Crippen LogP contribution in [0, 0.1) is 5.82 Å². The Bertz CT molecular complexity index is 1090. The minimum atomic E-state index is -3.79. The van der Waals surface area contributed by atoms with Crippen LogP contribution >= 0.6 is 0 Å². The van der Waals surface area contributed by atoms with Crippen LogP contribution in [0.25, 0.3) is 11.0 Å². The summed E-state index contributed by atoms with van der Waals surface area (Å²) in [6.45, 7) is 0.777. The molecule has 1 amide bonds. The van der Waals surface area contributed by atoms with Gasteiger partial charge in [-0.15, -0.1) is 0 Å². The van der Waals surface area contributed by atoms with Crippen molar-refractivity contribution in [3.63, 3.8) is 0 Å². The van der Waals surface area contributed by atoms with Crippen LogP contribution in [0.5, 0.6) is 0 Å². The third-order valence-electron chi connectivity index (χ3n) is 4.48. The van der Waals surface area contributed by atoms with Gasteiger partial charge >= 0.3 is 0 Å². The molecule has 0 atom stereocenters. The van der Waals surface area contributed by atoms with Crippen LogP contribution in [-0.4, -0.2) is 60.0 Å². The first-order valence-corrected chi connectivity index (χ1v) is 9.67. The van der Waals surface area contributed by atoms with Crippen molar-refractivity contribution >= 4 is 27.0 Å². The van der Waals surface area contributed by atoms with Gasteiger partial charge < -0.3 is 4.90 Å². The van der Waals surface area contributed by atoms with Crippen molar-refractivity contribution in [2.24, 2.45) is 0 Å². The largest absolute Gasteiger partial charge is 0.336 e. The number of carbonyl (C=O) groups is 1. The van der Waals surface area contributed by atoms with Crippen molar-refractivity contribution in [2.45, 2.75) is 4.90 Å². The van der Waals surface area contributed by atoms with E-state index in [-0.39, 0.29) is 42.5 Å². The molecule has 0 spiro atoms. The Hall–Kier alpha value is -2.85. The van der Waals surface area contributed by atoms with E-state index < -0.39 is 15.8 Å². The van der Waals surface area contributed by atoms with Gasteiger partial charge in [0.05, 0.1) is 0 Å². The fourth-order valence-corrected chi connectivity index (χ4v) is 4.59. The molecule has 3 aromatic rings. The van der Waals surface area contributed by atoms with Crippen LogP contribution in [0.3, 0.4) is 0 Å². The number of halogens is 1. The first-order chi connectivity index (χ1) is 13.0. The number of fused-ring (bicyclic) bond motifs is 1. The number of hydrogen-bond donors (Lipinski definition) is 0. The molecular formula is C17H15FN4O4S. The number of piperazine rings is 1. The van der Waals surface area contributed by atoms with Gasteiger partial charge in [0.25, 0.3) is 5.91 Å². The van der Waals surface area contributed by atoms with E-state index in [2.05, 4.69) is 14.9 Å². The normalized spacial score (nSPS) is 16.0. The summed E-state index contributed by atoms with van der Waals surface area (Å²) in [7, 11) is -3.79. The number of nitrogens with zero attached hydrogens (tertiary/aromatic N) is 4. The summed E-state index contributed by atoms with van der Waals surface area (Å²) in [5.41, 5.74) is 0.912. The SMILES string of the molecule is O=C(c1ccc(F)cc1)N1CCN(S(=O)(=O)c2cccc3nonc23)CC1. The zero-order valence-electron chi connectivity index (χ0n) is 14.1. The van der Waals surface area contributed by atoms with Gasteiger partial charge in [-0.3, -0.25) is 4.79 Å². The number of aromatic nitrogens is 2. The van der Waals surface area contributed by atoms with Gasteiger partial charge in [0.2, 0.25) is 10.0 Å². The molecule has 0 radical (unpaired) electrons. The highest BCUT2D eigenvalue weighted by atomic mass is 32.2. The summed E-state index contributed by atoms with van der Waals surface area (Å²) in [5.74, 6) is -0.672. The molecule has 2 heterocycles. The molecule has 1 saturated heterocycles. The zero-order valence-corrected chi connectivity index (χ0v) is 14.9. The minimum absolute atomic E-state index is 0.0274. The van der Waals surface area contributed by atoms with Crippen LogP contribution in [0.1, 0.15) is 10.4 Å². The lowest BCUT2D eigenvalue weighted by molar-refractivity contribution is 0.0698. The average molecular weight is 390 g/mol. The van der Waals surface area contributed by atoms with Crippen LogP contribution in [0.2, 0.25) is 0 Å². The zero-order chi connectivity index (χ0) is 19.0. The first kappa shape index (κ1) is 17.6. The summed E-state index contributed by atoms with van der Waals surface area (Å²) < 4.78 is 44.9. The summed E-state index contributed by atoms with van der Waals surface area (Å²) in [6, 6.07) is 9.93. The maximum absolute atomic E-state index is 13.0. The first-order valence-electron chi connectivity index (χ1n) is 8.23. The van der Waals surface area contributed by atoms with Crippen LogP contribution < -0.4 is 0 Å². The van der Waals surface area contributed by atoms with Crippen LogP contribution in [-0.2, 0) is 10.0 Å². The van der Waals surface area contributed by atoms with Crippen molar-refractivity contribution < 1.29 is 22.2 Å². The Balaban J connectivity index is 1.51. The van der Waals surface area contributed by atoms with Gasteiger partial charge in [0.1, 0.15) is 16.2 Å². The predicted molar refractivity (Wildman–Crippen MR) is 92.9 cm³/mol. The fourth-order valence-electron chi connectivity index (χ4n) is 3.04. The highest BCUT2D eigenvalue weighted by Gasteiger charge is 2.32. The number of hydrogen-bond acceptors (Lipinski definition) is 6. The summed E-state index contributed by atoms with van der Waals surface area (Å²) in [5, 5.41) is 7.35. The Morgan fingerprint density at radius 1 is 1.00 bits per heavy atom. The average Bonchev–Trinajstić information content (AvgIpc) is 3.17. The molecule has 140 valence electrons. The van der Waals surface area contributed by atoms with Gasteiger partial charge in [-0.05, 0) is 46.7 Å². The minimum Gasteiger partial charge on any atom is -0.336 e. The maximum atomic E-state index is 13.0. The van der Waals surface area contributed by atoms with Gasteiger partial charge in [-0.25, -0.2) is 17.4 Å². The highest BCUT2D eigenvalue weighted by Crippen LogP contribution is 2.24. The number of sulfonamides is 1. The van der Waals surface area contributed by atoms with Crippen LogP contribution in [0.4, 0.5) is 4.39 Å².